The summed E-state index contributed by atoms with van der Waals surface area (Å²) in [6, 6.07) is 0. The van der Waals surface area contributed by atoms with Crippen LogP contribution in [0.2, 0.25) is 0 Å². The van der Waals surface area contributed by atoms with Crippen LogP contribution in [0.3, 0.4) is 0 Å². The van der Waals surface area contributed by atoms with Gasteiger partial charge in [-0.05, 0) is 6.92 Å². The van der Waals surface area contributed by atoms with Gasteiger partial charge in [-0.25, -0.2) is 9.59 Å². The molecule has 0 bridgehead atoms. The number of hydrogen-bond acceptors (Lipinski definition) is 5. The predicted molar refractivity (Wildman–Crippen MR) is 42.4 cm³/mol. The zero-order valence-electron chi connectivity index (χ0n) is 7.76. The van der Waals surface area contributed by atoms with E-state index in [1.165, 1.54) is 6.92 Å². The van der Waals surface area contributed by atoms with Gasteiger partial charge >= 0.3 is 11.9 Å². The van der Waals surface area contributed by atoms with Crippen molar-refractivity contribution in [2.75, 3.05) is 6.61 Å². The fraction of sp³-hybridized carbons (Fsp3) is 0.714. The fourth-order valence-corrected chi connectivity index (χ4v) is 0.685. The number of ether oxygens (including phenoxy) is 2. The van der Waals surface area contributed by atoms with Crippen LogP contribution in [0.4, 0.5) is 0 Å². The van der Waals surface area contributed by atoms with Gasteiger partial charge in [0, 0.05) is 13.5 Å². The molecule has 7 heteroatoms. The minimum atomic E-state index is -2.23. The summed E-state index contributed by atoms with van der Waals surface area (Å²) >= 11 is 0. The molecule has 0 heterocycles. The Morgan fingerprint density at radius 3 is 2.21 bits per heavy atom. The minimum Gasteiger partial charge on any atom is -0.477 e. The lowest BCUT2D eigenvalue weighted by atomic mass is 10.3. The number of hydrogen-bond donors (Lipinski definition) is 3. The summed E-state index contributed by atoms with van der Waals surface area (Å²) in [4.78, 5) is 20.8. The number of aliphatic hydroxyl groups is 1. The van der Waals surface area contributed by atoms with Crippen molar-refractivity contribution in [3.8, 4) is 0 Å². The maximum Gasteiger partial charge on any atom is 0.364 e. The van der Waals surface area contributed by atoms with Crippen LogP contribution in [-0.2, 0) is 19.1 Å². The van der Waals surface area contributed by atoms with Crippen LogP contribution in [0.5, 0.6) is 0 Å². The lowest BCUT2D eigenvalue weighted by molar-refractivity contribution is -0.282. The Morgan fingerprint density at radius 1 is 1.43 bits per heavy atom. The minimum absolute atomic E-state index is 0.00907. The SMILES string of the molecule is CCOC(C)(OC(O)C(=O)O)C(=O)O. The fourth-order valence-electron chi connectivity index (χ4n) is 0.685. The van der Waals surface area contributed by atoms with Gasteiger partial charge in [0.1, 0.15) is 0 Å². The lowest BCUT2D eigenvalue weighted by Crippen LogP contribution is -2.46. The van der Waals surface area contributed by atoms with Crippen molar-refractivity contribution in [1.82, 2.24) is 0 Å². The second-order valence-corrected chi connectivity index (χ2v) is 2.49. The number of carboxylic acid groups (broad SMARTS) is 2. The molecule has 3 N–H and O–H groups in total. The van der Waals surface area contributed by atoms with E-state index >= 15 is 0 Å². The molecule has 0 radical (unpaired) electrons. The van der Waals surface area contributed by atoms with Gasteiger partial charge in [0.15, 0.2) is 0 Å². The smallest absolute Gasteiger partial charge is 0.364 e. The first-order valence-corrected chi connectivity index (χ1v) is 3.79. The molecule has 0 aliphatic carbocycles. The van der Waals surface area contributed by atoms with Crippen molar-refractivity contribution in [2.45, 2.75) is 25.9 Å². The maximum atomic E-state index is 10.6. The van der Waals surface area contributed by atoms with Gasteiger partial charge in [0.05, 0.1) is 0 Å². The third-order valence-corrected chi connectivity index (χ3v) is 1.36. The standard InChI is InChI=1S/C7H12O7/c1-3-13-7(2,6(11)12)14-5(10)4(8)9/h5,10H,3H2,1-2H3,(H,8,9)(H,11,12). The number of carbonyl (C=O) groups is 2. The first-order chi connectivity index (χ1) is 6.33. The van der Waals surface area contributed by atoms with Gasteiger partial charge < -0.3 is 24.8 Å². The Labute approximate surface area is 79.9 Å². The van der Waals surface area contributed by atoms with Crippen LogP contribution >= 0.6 is 0 Å². The maximum absolute atomic E-state index is 10.6. The molecule has 0 aromatic carbocycles. The van der Waals surface area contributed by atoms with Crippen molar-refractivity contribution in [1.29, 1.82) is 0 Å². The Hall–Kier alpha value is -1.18. The Kier molecular flexibility index (Phi) is 4.48. The molecule has 0 aromatic rings. The van der Waals surface area contributed by atoms with E-state index < -0.39 is 24.0 Å². The van der Waals surface area contributed by atoms with Gasteiger partial charge in [0.25, 0.3) is 12.1 Å². The van der Waals surface area contributed by atoms with Crippen molar-refractivity contribution in [2.24, 2.45) is 0 Å². The molecule has 0 aliphatic heterocycles. The molecular formula is C7H12O7. The Bertz CT molecular complexity index is 226. The van der Waals surface area contributed by atoms with Crippen LogP contribution in [0.25, 0.3) is 0 Å². The van der Waals surface area contributed by atoms with Gasteiger partial charge in [0.2, 0.25) is 0 Å². The van der Waals surface area contributed by atoms with Crippen molar-refractivity contribution in [3.63, 3.8) is 0 Å². The topological polar surface area (TPSA) is 113 Å². The van der Waals surface area contributed by atoms with Gasteiger partial charge in [-0.15, -0.1) is 0 Å². The summed E-state index contributed by atoms with van der Waals surface area (Å²) in [5.74, 6) is -5.36. The van der Waals surface area contributed by atoms with Gasteiger partial charge in [-0.2, -0.15) is 0 Å². The summed E-state index contributed by atoms with van der Waals surface area (Å²) < 4.78 is 9.00. The highest BCUT2D eigenvalue weighted by Gasteiger charge is 2.39. The second-order valence-electron chi connectivity index (χ2n) is 2.49. The monoisotopic (exact) mass is 208 g/mol. The zero-order chi connectivity index (χ0) is 11.4. The zero-order valence-corrected chi connectivity index (χ0v) is 7.76. The summed E-state index contributed by atoms with van der Waals surface area (Å²) in [6.07, 6.45) is -2.23. The summed E-state index contributed by atoms with van der Waals surface area (Å²) in [5, 5.41) is 25.7. The number of aliphatic carboxylic acids is 2. The second kappa shape index (κ2) is 4.89. The predicted octanol–water partition coefficient (Wildman–Crippen LogP) is -0.757. The lowest BCUT2D eigenvalue weighted by Gasteiger charge is -2.25. The highest BCUT2D eigenvalue weighted by atomic mass is 16.8. The summed E-state index contributed by atoms with van der Waals surface area (Å²) in [5.41, 5.74) is 0. The van der Waals surface area contributed by atoms with E-state index in [2.05, 4.69) is 9.47 Å². The molecule has 0 fully saturated rings. The Balaban J connectivity index is 4.52. The molecule has 7 nitrogen and oxygen atoms in total. The quantitative estimate of drug-likeness (QED) is 0.492. The van der Waals surface area contributed by atoms with Crippen molar-refractivity contribution < 1.29 is 34.4 Å². The summed E-state index contributed by atoms with van der Waals surface area (Å²) in [7, 11) is 0. The molecule has 0 spiro atoms. The van der Waals surface area contributed by atoms with Crippen LogP contribution in [0, 0.1) is 0 Å². The molecular weight excluding hydrogens is 196 g/mol. The number of rotatable bonds is 6. The van der Waals surface area contributed by atoms with Crippen molar-refractivity contribution in [3.05, 3.63) is 0 Å². The van der Waals surface area contributed by atoms with Crippen molar-refractivity contribution >= 4 is 11.9 Å². The molecule has 0 aliphatic rings. The number of aliphatic hydroxyl groups excluding tert-OH is 1. The van der Waals surface area contributed by atoms with E-state index in [0.29, 0.717) is 0 Å². The van der Waals surface area contributed by atoms with Crippen LogP contribution in [-0.4, -0.2) is 45.9 Å². The third-order valence-electron chi connectivity index (χ3n) is 1.36. The van der Waals surface area contributed by atoms with Crippen LogP contribution < -0.4 is 0 Å². The molecule has 14 heavy (non-hydrogen) atoms. The molecule has 0 saturated heterocycles. The molecule has 82 valence electrons. The van der Waals surface area contributed by atoms with Gasteiger partial charge in [-0.3, -0.25) is 0 Å². The average molecular weight is 208 g/mol. The van der Waals surface area contributed by atoms with E-state index in [1.807, 2.05) is 0 Å². The average Bonchev–Trinajstić information content (AvgIpc) is 2.03. The Morgan fingerprint density at radius 2 is 1.93 bits per heavy atom. The van der Waals surface area contributed by atoms with E-state index in [0.717, 1.165) is 6.92 Å². The molecule has 0 amide bonds. The van der Waals surface area contributed by atoms with Gasteiger partial charge in [-0.1, -0.05) is 0 Å². The molecule has 0 saturated carbocycles. The van der Waals surface area contributed by atoms with Crippen LogP contribution in [0.15, 0.2) is 0 Å². The highest BCUT2D eigenvalue weighted by Crippen LogP contribution is 2.14. The van der Waals surface area contributed by atoms with E-state index in [4.69, 9.17) is 15.3 Å². The molecule has 2 atom stereocenters. The first kappa shape index (κ1) is 12.8. The molecule has 0 rings (SSSR count). The number of carboxylic acids is 2. The normalized spacial score (nSPS) is 17.1. The first-order valence-electron chi connectivity index (χ1n) is 3.79. The molecule has 2 unspecified atom stereocenters. The van der Waals surface area contributed by atoms with E-state index in [1.54, 1.807) is 0 Å². The van der Waals surface area contributed by atoms with Crippen LogP contribution in [0.1, 0.15) is 13.8 Å². The van der Waals surface area contributed by atoms with E-state index in [9.17, 15) is 9.59 Å². The largest absolute Gasteiger partial charge is 0.477 e. The van der Waals surface area contributed by atoms with E-state index in [-0.39, 0.29) is 6.61 Å². The molecule has 0 aromatic heterocycles. The third kappa shape index (κ3) is 3.29. The highest BCUT2D eigenvalue weighted by molar-refractivity contribution is 5.76. The summed E-state index contributed by atoms with van der Waals surface area (Å²) in [6.45, 7) is 2.53.